The minimum absolute atomic E-state index is 0.692. The lowest BCUT2D eigenvalue weighted by molar-refractivity contribution is 0.503. The molecule has 0 unspecified atom stereocenters. The molecule has 92 valence electrons. The predicted molar refractivity (Wildman–Crippen MR) is 69.2 cm³/mol. The van der Waals surface area contributed by atoms with Gasteiger partial charge in [-0.3, -0.25) is 0 Å². The molecule has 5 heteroatoms. The van der Waals surface area contributed by atoms with Gasteiger partial charge in [-0.1, -0.05) is 11.3 Å². The summed E-state index contributed by atoms with van der Waals surface area (Å²) in [5.74, 6) is 1.87. The standard InChI is InChI=1S/C12H17N3OS/c1-7-8(2)16-9(3)11(7)12-15-14-10(17-12)5-4-6-13/h4-6,13H2,1-3H3. The highest BCUT2D eigenvalue weighted by atomic mass is 32.1. The molecule has 2 aromatic rings. The van der Waals surface area contributed by atoms with Crippen LogP contribution in [0, 0.1) is 20.8 Å². The van der Waals surface area contributed by atoms with Crippen molar-refractivity contribution in [2.75, 3.05) is 6.54 Å². The Morgan fingerprint density at radius 2 is 1.94 bits per heavy atom. The van der Waals surface area contributed by atoms with Gasteiger partial charge in [0, 0.05) is 12.0 Å². The Morgan fingerprint density at radius 1 is 1.18 bits per heavy atom. The summed E-state index contributed by atoms with van der Waals surface area (Å²) in [5.41, 5.74) is 7.74. The Balaban J connectivity index is 2.30. The number of nitrogens with zero attached hydrogens (tertiary/aromatic N) is 2. The zero-order chi connectivity index (χ0) is 12.4. The van der Waals surface area contributed by atoms with E-state index in [-0.39, 0.29) is 0 Å². The minimum atomic E-state index is 0.692. The van der Waals surface area contributed by atoms with Crippen LogP contribution in [0.15, 0.2) is 4.42 Å². The molecular weight excluding hydrogens is 234 g/mol. The van der Waals surface area contributed by atoms with Crippen LogP contribution in [-0.4, -0.2) is 16.7 Å². The van der Waals surface area contributed by atoms with Gasteiger partial charge >= 0.3 is 0 Å². The van der Waals surface area contributed by atoms with E-state index in [4.69, 9.17) is 10.2 Å². The number of hydrogen-bond acceptors (Lipinski definition) is 5. The molecule has 0 aliphatic rings. The molecule has 0 amide bonds. The molecule has 17 heavy (non-hydrogen) atoms. The van der Waals surface area contributed by atoms with Crippen molar-refractivity contribution in [1.29, 1.82) is 0 Å². The first-order chi connectivity index (χ1) is 8.13. The summed E-state index contributed by atoms with van der Waals surface area (Å²) in [4.78, 5) is 0. The molecule has 2 N–H and O–H groups in total. The highest BCUT2D eigenvalue weighted by molar-refractivity contribution is 7.14. The smallest absolute Gasteiger partial charge is 0.151 e. The van der Waals surface area contributed by atoms with Crippen LogP contribution in [0.5, 0.6) is 0 Å². The van der Waals surface area contributed by atoms with Gasteiger partial charge in [-0.25, -0.2) is 0 Å². The Morgan fingerprint density at radius 3 is 2.53 bits per heavy atom. The Bertz CT molecular complexity index is 516. The quantitative estimate of drug-likeness (QED) is 0.907. The molecule has 0 bridgehead atoms. The lowest BCUT2D eigenvalue weighted by atomic mass is 10.1. The summed E-state index contributed by atoms with van der Waals surface area (Å²) in [5, 5.41) is 10.4. The largest absolute Gasteiger partial charge is 0.466 e. The molecule has 0 saturated heterocycles. The van der Waals surface area contributed by atoms with E-state index >= 15 is 0 Å². The van der Waals surface area contributed by atoms with E-state index in [0.717, 1.165) is 45.5 Å². The summed E-state index contributed by atoms with van der Waals surface area (Å²) in [6, 6.07) is 0. The van der Waals surface area contributed by atoms with E-state index in [1.54, 1.807) is 11.3 Å². The molecule has 0 aromatic carbocycles. The zero-order valence-corrected chi connectivity index (χ0v) is 11.2. The molecule has 0 saturated carbocycles. The summed E-state index contributed by atoms with van der Waals surface area (Å²) in [6.07, 6.45) is 1.86. The van der Waals surface area contributed by atoms with Crippen molar-refractivity contribution in [2.24, 2.45) is 5.73 Å². The zero-order valence-electron chi connectivity index (χ0n) is 10.4. The van der Waals surface area contributed by atoms with Crippen molar-refractivity contribution in [3.63, 3.8) is 0 Å². The predicted octanol–water partition coefficient (Wildman–Crippen LogP) is 2.61. The lowest BCUT2D eigenvalue weighted by Crippen LogP contribution is -1.99. The number of hydrogen-bond donors (Lipinski definition) is 1. The fourth-order valence-electron chi connectivity index (χ4n) is 1.82. The second-order valence-electron chi connectivity index (χ2n) is 4.11. The third-order valence-corrected chi connectivity index (χ3v) is 3.84. The third-order valence-electron chi connectivity index (χ3n) is 2.84. The van der Waals surface area contributed by atoms with Crippen LogP contribution in [0.25, 0.3) is 10.6 Å². The van der Waals surface area contributed by atoms with Gasteiger partial charge in [0.2, 0.25) is 0 Å². The maximum atomic E-state index is 5.61. The first-order valence-electron chi connectivity index (χ1n) is 5.73. The maximum absolute atomic E-state index is 5.61. The number of aromatic nitrogens is 2. The van der Waals surface area contributed by atoms with Crippen molar-refractivity contribution < 1.29 is 4.42 Å². The van der Waals surface area contributed by atoms with Gasteiger partial charge in [0.1, 0.15) is 16.5 Å². The van der Waals surface area contributed by atoms with Gasteiger partial charge in [0.25, 0.3) is 0 Å². The monoisotopic (exact) mass is 251 g/mol. The Kier molecular flexibility index (Phi) is 3.59. The molecule has 0 aliphatic carbocycles. The van der Waals surface area contributed by atoms with Crippen LogP contribution in [0.3, 0.4) is 0 Å². The Hall–Kier alpha value is -1.20. The fraction of sp³-hybridized carbons (Fsp3) is 0.500. The van der Waals surface area contributed by atoms with Crippen LogP contribution in [0.2, 0.25) is 0 Å². The van der Waals surface area contributed by atoms with Gasteiger partial charge in [0.05, 0.1) is 5.56 Å². The summed E-state index contributed by atoms with van der Waals surface area (Å²) < 4.78 is 5.61. The van der Waals surface area contributed by atoms with Crippen LogP contribution in [0.4, 0.5) is 0 Å². The average Bonchev–Trinajstić information content (AvgIpc) is 2.83. The first-order valence-corrected chi connectivity index (χ1v) is 6.54. The Labute approximate surface area is 105 Å². The molecule has 0 radical (unpaired) electrons. The third kappa shape index (κ3) is 2.40. The maximum Gasteiger partial charge on any atom is 0.151 e. The fourth-order valence-corrected chi connectivity index (χ4v) is 2.85. The lowest BCUT2D eigenvalue weighted by Gasteiger charge is -1.93. The molecule has 0 atom stereocenters. The summed E-state index contributed by atoms with van der Waals surface area (Å²) in [7, 11) is 0. The normalized spacial score (nSPS) is 11.1. The molecule has 0 aliphatic heterocycles. The summed E-state index contributed by atoms with van der Waals surface area (Å²) in [6.45, 7) is 6.69. The molecule has 2 heterocycles. The van der Waals surface area contributed by atoms with E-state index < -0.39 is 0 Å². The molecule has 4 nitrogen and oxygen atoms in total. The van der Waals surface area contributed by atoms with Gasteiger partial charge in [-0.15, -0.1) is 10.2 Å². The van der Waals surface area contributed by atoms with Gasteiger partial charge in [-0.05, 0) is 33.7 Å². The van der Waals surface area contributed by atoms with Crippen LogP contribution >= 0.6 is 11.3 Å². The minimum Gasteiger partial charge on any atom is -0.466 e. The van der Waals surface area contributed by atoms with Crippen LogP contribution in [0.1, 0.15) is 28.5 Å². The highest BCUT2D eigenvalue weighted by Crippen LogP contribution is 2.33. The van der Waals surface area contributed by atoms with E-state index in [0.29, 0.717) is 6.54 Å². The molecule has 0 spiro atoms. The van der Waals surface area contributed by atoms with Gasteiger partial charge in [-0.2, -0.15) is 0 Å². The molecule has 0 fully saturated rings. The van der Waals surface area contributed by atoms with Gasteiger partial charge < -0.3 is 10.2 Å². The van der Waals surface area contributed by atoms with Crippen molar-refractivity contribution in [3.05, 3.63) is 22.1 Å². The van der Waals surface area contributed by atoms with Crippen molar-refractivity contribution in [2.45, 2.75) is 33.6 Å². The van der Waals surface area contributed by atoms with E-state index in [2.05, 4.69) is 17.1 Å². The van der Waals surface area contributed by atoms with E-state index in [1.807, 2.05) is 13.8 Å². The van der Waals surface area contributed by atoms with Gasteiger partial charge in [0.15, 0.2) is 5.01 Å². The second kappa shape index (κ2) is 4.98. The van der Waals surface area contributed by atoms with E-state index in [1.165, 1.54) is 0 Å². The SMILES string of the molecule is Cc1oc(C)c(-c2nnc(CCCN)s2)c1C. The van der Waals surface area contributed by atoms with Crippen LogP contribution < -0.4 is 5.73 Å². The number of rotatable bonds is 4. The molecular formula is C12H17N3OS. The molecule has 2 rings (SSSR count). The highest BCUT2D eigenvalue weighted by Gasteiger charge is 2.17. The topological polar surface area (TPSA) is 64.9 Å². The van der Waals surface area contributed by atoms with E-state index in [9.17, 15) is 0 Å². The number of aryl methyl sites for hydroxylation is 3. The summed E-state index contributed by atoms with van der Waals surface area (Å²) >= 11 is 1.63. The number of furan rings is 1. The first kappa shape index (κ1) is 12.3. The van der Waals surface area contributed by atoms with Crippen molar-refractivity contribution >= 4 is 11.3 Å². The van der Waals surface area contributed by atoms with Crippen molar-refractivity contribution in [1.82, 2.24) is 10.2 Å². The second-order valence-corrected chi connectivity index (χ2v) is 5.17. The molecule has 2 aromatic heterocycles. The average molecular weight is 251 g/mol. The number of nitrogens with two attached hydrogens (primary N) is 1. The van der Waals surface area contributed by atoms with Crippen molar-refractivity contribution in [3.8, 4) is 10.6 Å². The van der Waals surface area contributed by atoms with Crippen LogP contribution in [-0.2, 0) is 6.42 Å².